The average molecular weight is 495 g/mol. The normalized spacial score (nSPS) is 13.0. The number of fused-ring (bicyclic) bond motifs is 1. The lowest BCUT2D eigenvalue weighted by molar-refractivity contribution is 0.0722. The zero-order valence-corrected chi connectivity index (χ0v) is 19.7. The Balaban J connectivity index is 1.57. The number of rotatable bonds is 3. The molecule has 164 valence electrons. The molecule has 2 heterocycles. The Morgan fingerprint density at radius 1 is 0.848 bits per heavy atom. The first-order chi connectivity index (χ1) is 16.0. The van der Waals surface area contributed by atoms with Crippen molar-refractivity contribution in [3.05, 3.63) is 105 Å². The number of amides is 1. The minimum Gasteiger partial charge on any atom is -0.331 e. The number of aromatic nitrogens is 2. The molecule has 33 heavy (non-hydrogen) atoms. The van der Waals surface area contributed by atoms with Gasteiger partial charge in [0.1, 0.15) is 0 Å². The van der Waals surface area contributed by atoms with Crippen molar-refractivity contribution in [3.63, 3.8) is 0 Å². The van der Waals surface area contributed by atoms with E-state index in [0.29, 0.717) is 39.4 Å². The molecule has 7 heteroatoms. The van der Waals surface area contributed by atoms with Crippen LogP contribution in [0, 0.1) is 0 Å². The van der Waals surface area contributed by atoms with Gasteiger partial charge >= 0.3 is 0 Å². The lowest BCUT2D eigenvalue weighted by Crippen LogP contribution is -2.36. The Hall–Kier alpha value is -2.92. The van der Waals surface area contributed by atoms with Crippen molar-refractivity contribution in [2.75, 3.05) is 6.54 Å². The molecule has 1 aliphatic heterocycles. The predicted molar refractivity (Wildman–Crippen MR) is 133 cm³/mol. The maximum absolute atomic E-state index is 13.4. The molecular weight excluding hydrogens is 477 g/mol. The van der Waals surface area contributed by atoms with Gasteiger partial charge in [-0.05, 0) is 53.4 Å². The molecule has 0 fully saturated rings. The van der Waals surface area contributed by atoms with Crippen molar-refractivity contribution < 1.29 is 4.79 Å². The molecule has 5 rings (SSSR count). The molecule has 4 nitrogen and oxygen atoms in total. The summed E-state index contributed by atoms with van der Waals surface area (Å²) in [6.07, 6.45) is 2.47. The van der Waals surface area contributed by atoms with Crippen molar-refractivity contribution in [3.8, 4) is 22.4 Å². The summed E-state index contributed by atoms with van der Waals surface area (Å²) >= 11 is 18.7. The quantitative estimate of drug-likeness (QED) is 0.309. The molecule has 0 bridgehead atoms. The van der Waals surface area contributed by atoms with Gasteiger partial charge in [-0.25, -0.2) is 9.97 Å². The summed E-state index contributed by atoms with van der Waals surface area (Å²) in [5.41, 5.74) is 5.27. The van der Waals surface area contributed by atoms with Gasteiger partial charge in [-0.1, -0.05) is 71.2 Å². The van der Waals surface area contributed by atoms with Crippen LogP contribution < -0.4 is 0 Å². The van der Waals surface area contributed by atoms with Crippen molar-refractivity contribution >= 4 is 40.7 Å². The molecule has 0 N–H and O–H groups in total. The van der Waals surface area contributed by atoms with Gasteiger partial charge in [0.15, 0.2) is 0 Å². The van der Waals surface area contributed by atoms with Crippen molar-refractivity contribution in [2.24, 2.45) is 0 Å². The Morgan fingerprint density at radius 2 is 1.58 bits per heavy atom. The SMILES string of the molecule is O=C(c1ncc(-c2ccc(Cl)cc2)c(-c2ccc(Cl)cc2Cl)n1)N1CCc2ccccc2C1. The van der Waals surface area contributed by atoms with Crippen LogP contribution in [0.5, 0.6) is 0 Å². The van der Waals surface area contributed by atoms with Crippen LogP contribution in [0.3, 0.4) is 0 Å². The van der Waals surface area contributed by atoms with Gasteiger partial charge in [0.25, 0.3) is 5.91 Å². The van der Waals surface area contributed by atoms with Gasteiger partial charge in [-0.15, -0.1) is 0 Å². The standard InChI is InChI=1S/C26H18Cl3N3O/c27-19-7-5-17(6-8-19)22-14-30-25(31-24(22)21-10-9-20(28)13-23(21)29)26(33)32-12-11-16-3-1-2-4-18(16)15-32/h1-10,13-14H,11-12,15H2. The molecule has 0 saturated heterocycles. The van der Waals surface area contributed by atoms with Gasteiger partial charge in [0.2, 0.25) is 5.82 Å². The molecule has 1 aromatic heterocycles. The molecule has 0 radical (unpaired) electrons. The first-order valence-corrected chi connectivity index (χ1v) is 11.6. The van der Waals surface area contributed by atoms with Gasteiger partial charge in [-0.3, -0.25) is 4.79 Å². The first-order valence-electron chi connectivity index (χ1n) is 10.4. The molecule has 3 aromatic carbocycles. The van der Waals surface area contributed by atoms with E-state index in [1.54, 1.807) is 41.4 Å². The zero-order valence-electron chi connectivity index (χ0n) is 17.4. The van der Waals surface area contributed by atoms with Crippen LogP contribution >= 0.6 is 34.8 Å². The van der Waals surface area contributed by atoms with Gasteiger partial charge < -0.3 is 4.90 Å². The summed E-state index contributed by atoms with van der Waals surface area (Å²) in [7, 11) is 0. The summed E-state index contributed by atoms with van der Waals surface area (Å²) in [4.78, 5) is 24.3. The fraction of sp³-hybridized carbons (Fsp3) is 0.115. The summed E-state index contributed by atoms with van der Waals surface area (Å²) in [5.74, 6) is -0.0772. The third-order valence-corrected chi connectivity index (χ3v) is 6.54. The number of benzene rings is 3. The number of carbonyl (C=O) groups excluding carboxylic acids is 1. The Bertz CT molecular complexity index is 1360. The third-order valence-electron chi connectivity index (χ3n) is 5.74. The molecule has 0 spiro atoms. The zero-order chi connectivity index (χ0) is 22.9. The van der Waals surface area contributed by atoms with Crippen molar-refractivity contribution in [1.29, 1.82) is 0 Å². The second kappa shape index (κ2) is 9.14. The van der Waals surface area contributed by atoms with E-state index in [1.165, 1.54) is 5.56 Å². The van der Waals surface area contributed by atoms with Crippen LogP contribution in [-0.4, -0.2) is 27.3 Å². The summed E-state index contributed by atoms with van der Waals surface area (Å²) in [5, 5.41) is 1.60. The molecule has 4 aromatic rings. The monoisotopic (exact) mass is 493 g/mol. The molecular formula is C26H18Cl3N3O. The molecule has 0 atom stereocenters. The highest BCUT2D eigenvalue weighted by atomic mass is 35.5. The van der Waals surface area contributed by atoms with Gasteiger partial charge in [0, 0.05) is 40.5 Å². The van der Waals surface area contributed by atoms with Crippen LogP contribution in [0.1, 0.15) is 21.7 Å². The van der Waals surface area contributed by atoms with E-state index in [4.69, 9.17) is 39.8 Å². The topological polar surface area (TPSA) is 46.1 Å². The Morgan fingerprint density at radius 3 is 2.33 bits per heavy atom. The lowest BCUT2D eigenvalue weighted by Gasteiger charge is -2.28. The highest BCUT2D eigenvalue weighted by Crippen LogP contribution is 2.36. The van der Waals surface area contributed by atoms with E-state index in [9.17, 15) is 4.79 Å². The fourth-order valence-electron chi connectivity index (χ4n) is 4.02. The smallest absolute Gasteiger partial charge is 0.291 e. The van der Waals surface area contributed by atoms with Crippen LogP contribution in [-0.2, 0) is 13.0 Å². The average Bonchev–Trinajstić information content (AvgIpc) is 2.83. The summed E-state index contributed by atoms with van der Waals surface area (Å²) < 4.78 is 0. The van der Waals surface area contributed by atoms with E-state index in [0.717, 1.165) is 23.1 Å². The van der Waals surface area contributed by atoms with Crippen LogP contribution in [0.2, 0.25) is 15.1 Å². The number of carbonyl (C=O) groups is 1. The number of nitrogens with zero attached hydrogens (tertiary/aromatic N) is 3. The Kier molecular flexibility index (Phi) is 6.07. The summed E-state index contributed by atoms with van der Waals surface area (Å²) in [6, 6.07) is 20.8. The van der Waals surface area contributed by atoms with E-state index in [1.807, 2.05) is 24.3 Å². The predicted octanol–water partition coefficient (Wildman–Crippen LogP) is 6.97. The third kappa shape index (κ3) is 4.47. The summed E-state index contributed by atoms with van der Waals surface area (Å²) in [6.45, 7) is 1.16. The van der Waals surface area contributed by atoms with E-state index < -0.39 is 0 Å². The van der Waals surface area contributed by atoms with E-state index in [-0.39, 0.29) is 11.7 Å². The lowest BCUT2D eigenvalue weighted by atomic mass is 9.99. The largest absolute Gasteiger partial charge is 0.331 e. The molecule has 0 aliphatic carbocycles. The van der Waals surface area contributed by atoms with Gasteiger partial charge in [0.05, 0.1) is 10.7 Å². The molecule has 0 saturated carbocycles. The molecule has 0 unspecified atom stereocenters. The second-order valence-electron chi connectivity index (χ2n) is 7.83. The van der Waals surface area contributed by atoms with Gasteiger partial charge in [-0.2, -0.15) is 0 Å². The highest BCUT2D eigenvalue weighted by Gasteiger charge is 2.25. The molecule has 1 amide bonds. The maximum Gasteiger partial charge on any atom is 0.291 e. The first kappa shape index (κ1) is 21.9. The van der Waals surface area contributed by atoms with Crippen LogP contribution in [0.4, 0.5) is 0 Å². The van der Waals surface area contributed by atoms with Crippen LogP contribution in [0.25, 0.3) is 22.4 Å². The highest BCUT2D eigenvalue weighted by molar-refractivity contribution is 6.36. The number of halogens is 3. The van der Waals surface area contributed by atoms with Crippen molar-refractivity contribution in [2.45, 2.75) is 13.0 Å². The number of hydrogen-bond acceptors (Lipinski definition) is 3. The Labute approximate surface area is 206 Å². The minimum absolute atomic E-state index is 0.133. The van der Waals surface area contributed by atoms with E-state index >= 15 is 0 Å². The minimum atomic E-state index is -0.210. The molecule has 1 aliphatic rings. The fourth-order valence-corrected chi connectivity index (χ4v) is 4.65. The van der Waals surface area contributed by atoms with Crippen molar-refractivity contribution in [1.82, 2.24) is 14.9 Å². The van der Waals surface area contributed by atoms with E-state index in [2.05, 4.69) is 17.1 Å². The number of hydrogen-bond donors (Lipinski definition) is 0. The maximum atomic E-state index is 13.4. The second-order valence-corrected chi connectivity index (χ2v) is 9.11. The van der Waals surface area contributed by atoms with Crippen LogP contribution in [0.15, 0.2) is 72.9 Å².